The quantitative estimate of drug-likeness (QED) is 0.692. The number of amides is 3. The number of ether oxygens (including phenoxy) is 1. The zero-order valence-corrected chi connectivity index (χ0v) is 16.1. The van der Waals surface area contributed by atoms with Gasteiger partial charge in [0.05, 0.1) is 18.7 Å². The van der Waals surface area contributed by atoms with E-state index in [1.807, 2.05) is 37.3 Å². The van der Waals surface area contributed by atoms with E-state index in [1.165, 1.54) is 11.8 Å². The molecular weight excluding hydrogens is 356 g/mol. The number of carbonyl (C=O) groups excluding carboxylic acids is 3. The van der Waals surface area contributed by atoms with Gasteiger partial charge in [-0.1, -0.05) is 37.3 Å². The predicted octanol–water partition coefficient (Wildman–Crippen LogP) is 3.16. The van der Waals surface area contributed by atoms with Gasteiger partial charge in [-0.2, -0.15) is 0 Å². The summed E-state index contributed by atoms with van der Waals surface area (Å²) in [6.07, 6.45) is 0.883. The van der Waals surface area contributed by atoms with Crippen LogP contribution in [0.3, 0.4) is 0 Å². The summed E-state index contributed by atoms with van der Waals surface area (Å²) < 4.78 is 5.54. The number of nitrogens with zero attached hydrogens (tertiary/aromatic N) is 2. The van der Waals surface area contributed by atoms with Gasteiger partial charge in [0.1, 0.15) is 11.8 Å². The van der Waals surface area contributed by atoms with Gasteiger partial charge in [-0.25, -0.2) is 4.90 Å². The molecule has 1 heterocycles. The molecule has 0 spiro atoms. The Kier molecular flexibility index (Phi) is 6.09. The second kappa shape index (κ2) is 8.69. The van der Waals surface area contributed by atoms with Crippen LogP contribution in [0.25, 0.3) is 0 Å². The maximum Gasteiger partial charge on any atom is 0.257 e. The molecule has 0 bridgehead atoms. The first-order valence-electron chi connectivity index (χ1n) is 9.42. The van der Waals surface area contributed by atoms with E-state index >= 15 is 0 Å². The van der Waals surface area contributed by atoms with E-state index < -0.39 is 6.04 Å². The Labute approximate surface area is 164 Å². The first kappa shape index (κ1) is 19.6. The van der Waals surface area contributed by atoms with Crippen molar-refractivity contribution in [1.29, 1.82) is 0 Å². The average molecular weight is 380 g/mol. The first-order valence-corrected chi connectivity index (χ1v) is 9.42. The molecule has 2 aromatic carbocycles. The minimum atomic E-state index is -0.791. The van der Waals surface area contributed by atoms with Crippen LogP contribution in [0.2, 0.25) is 0 Å². The number of hydrogen-bond acceptors (Lipinski definition) is 4. The lowest BCUT2D eigenvalue weighted by Gasteiger charge is -2.26. The summed E-state index contributed by atoms with van der Waals surface area (Å²) >= 11 is 0. The third kappa shape index (κ3) is 4.22. The molecule has 0 aromatic heterocycles. The van der Waals surface area contributed by atoms with Crippen molar-refractivity contribution in [3.63, 3.8) is 0 Å². The minimum absolute atomic E-state index is 0.0146. The summed E-state index contributed by atoms with van der Waals surface area (Å²) in [6, 6.07) is 15.5. The van der Waals surface area contributed by atoms with Gasteiger partial charge < -0.3 is 9.64 Å². The van der Waals surface area contributed by atoms with E-state index in [2.05, 4.69) is 0 Å². The van der Waals surface area contributed by atoms with Crippen LogP contribution < -0.4 is 9.64 Å². The summed E-state index contributed by atoms with van der Waals surface area (Å²) in [6.45, 7) is 4.34. The Bertz CT molecular complexity index is 849. The topological polar surface area (TPSA) is 66.9 Å². The summed E-state index contributed by atoms with van der Waals surface area (Å²) in [5.74, 6) is -0.231. The van der Waals surface area contributed by atoms with Crippen LogP contribution in [0.1, 0.15) is 32.3 Å². The van der Waals surface area contributed by atoms with Crippen molar-refractivity contribution < 1.29 is 19.1 Å². The number of anilines is 1. The highest BCUT2D eigenvalue weighted by Crippen LogP contribution is 2.28. The predicted molar refractivity (Wildman–Crippen MR) is 106 cm³/mol. The van der Waals surface area contributed by atoms with E-state index in [9.17, 15) is 14.4 Å². The Hall–Kier alpha value is -3.15. The summed E-state index contributed by atoms with van der Waals surface area (Å²) in [5, 5.41) is 0. The van der Waals surface area contributed by atoms with E-state index in [1.54, 1.807) is 24.3 Å². The van der Waals surface area contributed by atoms with Crippen molar-refractivity contribution in [1.82, 2.24) is 4.90 Å². The third-order valence-electron chi connectivity index (χ3n) is 4.67. The van der Waals surface area contributed by atoms with Crippen LogP contribution in [0.15, 0.2) is 54.6 Å². The molecule has 0 saturated carbocycles. The Morgan fingerprint density at radius 2 is 1.79 bits per heavy atom. The van der Waals surface area contributed by atoms with E-state index in [-0.39, 0.29) is 30.7 Å². The zero-order chi connectivity index (χ0) is 20.1. The van der Waals surface area contributed by atoms with Gasteiger partial charge in [0.25, 0.3) is 5.91 Å². The average Bonchev–Trinajstić information content (AvgIpc) is 2.99. The fourth-order valence-corrected chi connectivity index (χ4v) is 3.26. The lowest BCUT2D eigenvalue weighted by molar-refractivity contribution is -0.137. The van der Waals surface area contributed by atoms with Crippen molar-refractivity contribution in [3.8, 4) is 5.75 Å². The van der Waals surface area contributed by atoms with E-state index in [0.29, 0.717) is 18.0 Å². The first-order chi connectivity index (χ1) is 13.5. The molecule has 3 rings (SSSR count). The molecule has 0 unspecified atom stereocenters. The maximum absolute atomic E-state index is 13.0. The van der Waals surface area contributed by atoms with Crippen molar-refractivity contribution in [2.45, 2.75) is 39.3 Å². The van der Waals surface area contributed by atoms with Crippen LogP contribution in [0.4, 0.5) is 5.69 Å². The van der Waals surface area contributed by atoms with Gasteiger partial charge in [-0.3, -0.25) is 14.4 Å². The van der Waals surface area contributed by atoms with Crippen LogP contribution in [0.5, 0.6) is 5.75 Å². The fourth-order valence-electron chi connectivity index (χ4n) is 3.26. The summed E-state index contributed by atoms with van der Waals surface area (Å²) in [7, 11) is 0. The molecule has 0 radical (unpaired) electrons. The highest BCUT2D eigenvalue weighted by molar-refractivity contribution is 6.23. The van der Waals surface area contributed by atoms with Gasteiger partial charge in [-0.15, -0.1) is 0 Å². The molecule has 0 N–H and O–H groups in total. The monoisotopic (exact) mass is 380 g/mol. The van der Waals surface area contributed by atoms with Crippen molar-refractivity contribution in [3.05, 3.63) is 60.2 Å². The molecule has 28 heavy (non-hydrogen) atoms. The smallest absolute Gasteiger partial charge is 0.257 e. The Morgan fingerprint density at radius 3 is 2.39 bits per heavy atom. The Morgan fingerprint density at radius 1 is 1.11 bits per heavy atom. The van der Waals surface area contributed by atoms with Gasteiger partial charge in [-0.05, 0) is 36.2 Å². The van der Waals surface area contributed by atoms with Crippen LogP contribution in [0, 0.1) is 0 Å². The standard InChI is InChI=1S/C22H24N2O4/c1-3-13-28-19-11-9-18(10-12-19)24-21(26)14-20(22(24)27)23(16(2)25)15-17-7-5-4-6-8-17/h4-12,20H,3,13-15H2,1-2H3/t20-/m1/s1. The molecule has 3 amide bonds. The summed E-state index contributed by atoms with van der Waals surface area (Å²) in [5.41, 5.74) is 1.40. The molecule has 146 valence electrons. The lowest BCUT2D eigenvalue weighted by atomic mass is 10.1. The van der Waals surface area contributed by atoms with Crippen LogP contribution in [-0.2, 0) is 20.9 Å². The molecule has 6 heteroatoms. The van der Waals surface area contributed by atoms with Crippen molar-refractivity contribution in [2.75, 3.05) is 11.5 Å². The second-order valence-corrected chi connectivity index (χ2v) is 6.76. The molecule has 6 nitrogen and oxygen atoms in total. The fraction of sp³-hybridized carbons (Fsp3) is 0.318. The van der Waals surface area contributed by atoms with Crippen molar-refractivity contribution >= 4 is 23.4 Å². The molecule has 2 aromatic rings. The molecule has 1 aliphatic rings. The SMILES string of the molecule is CCCOc1ccc(N2C(=O)C[C@@H](N(Cc3ccccc3)C(C)=O)C2=O)cc1. The van der Waals surface area contributed by atoms with Crippen molar-refractivity contribution in [2.24, 2.45) is 0 Å². The van der Waals surface area contributed by atoms with Gasteiger partial charge >= 0.3 is 0 Å². The normalized spacial score (nSPS) is 16.4. The second-order valence-electron chi connectivity index (χ2n) is 6.76. The largest absolute Gasteiger partial charge is 0.494 e. The third-order valence-corrected chi connectivity index (χ3v) is 4.67. The number of hydrogen-bond donors (Lipinski definition) is 0. The highest BCUT2D eigenvalue weighted by Gasteiger charge is 2.43. The van der Waals surface area contributed by atoms with Crippen LogP contribution >= 0.6 is 0 Å². The van der Waals surface area contributed by atoms with Crippen LogP contribution in [-0.4, -0.2) is 35.3 Å². The number of benzene rings is 2. The molecule has 1 saturated heterocycles. The van der Waals surface area contributed by atoms with Gasteiger partial charge in [0.15, 0.2) is 0 Å². The molecular formula is C22H24N2O4. The van der Waals surface area contributed by atoms with E-state index in [4.69, 9.17) is 4.74 Å². The Balaban J connectivity index is 1.78. The number of carbonyl (C=O) groups is 3. The maximum atomic E-state index is 13.0. The highest BCUT2D eigenvalue weighted by atomic mass is 16.5. The molecule has 0 aliphatic carbocycles. The molecule has 1 aliphatic heterocycles. The minimum Gasteiger partial charge on any atom is -0.494 e. The summed E-state index contributed by atoms with van der Waals surface area (Å²) in [4.78, 5) is 40.4. The molecule has 1 atom stereocenters. The number of rotatable bonds is 7. The zero-order valence-electron chi connectivity index (χ0n) is 16.1. The molecule has 1 fully saturated rings. The van der Waals surface area contributed by atoms with Gasteiger partial charge in [0.2, 0.25) is 11.8 Å². The number of imide groups is 1. The lowest BCUT2D eigenvalue weighted by Crippen LogP contribution is -2.44. The van der Waals surface area contributed by atoms with E-state index in [0.717, 1.165) is 16.9 Å². The van der Waals surface area contributed by atoms with Gasteiger partial charge in [0, 0.05) is 13.5 Å².